The van der Waals surface area contributed by atoms with Gasteiger partial charge in [-0.3, -0.25) is 4.79 Å². The Hall–Kier alpha value is -3.35. The zero-order valence-corrected chi connectivity index (χ0v) is 14.9. The van der Waals surface area contributed by atoms with Crippen molar-refractivity contribution in [2.75, 3.05) is 7.11 Å². The summed E-state index contributed by atoms with van der Waals surface area (Å²) in [5, 5.41) is 39.3. The van der Waals surface area contributed by atoms with Crippen LogP contribution in [0.4, 0.5) is 0 Å². The third-order valence-electron chi connectivity index (χ3n) is 5.24. The quantitative estimate of drug-likeness (QED) is 0.829. The summed E-state index contributed by atoms with van der Waals surface area (Å²) in [6, 6.07) is 14.3. The minimum atomic E-state index is -2.01. The number of nitriles is 4. The summed E-state index contributed by atoms with van der Waals surface area (Å²) >= 11 is 0. The first-order valence-electron chi connectivity index (χ1n) is 8.18. The zero-order valence-electron chi connectivity index (χ0n) is 14.9. The molecule has 26 heavy (non-hydrogen) atoms. The van der Waals surface area contributed by atoms with Crippen molar-refractivity contribution in [1.82, 2.24) is 0 Å². The summed E-state index contributed by atoms with van der Waals surface area (Å²) < 4.78 is 5.14. The van der Waals surface area contributed by atoms with Crippen LogP contribution in [-0.4, -0.2) is 12.9 Å². The Morgan fingerprint density at radius 3 is 1.96 bits per heavy atom. The van der Waals surface area contributed by atoms with Gasteiger partial charge in [0.1, 0.15) is 11.5 Å². The molecule has 0 unspecified atom stereocenters. The van der Waals surface area contributed by atoms with Gasteiger partial charge in [-0.25, -0.2) is 0 Å². The topological polar surface area (TPSA) is 121 Å². The molecule has 1 aliphatic carbocycles. The fourth-order valence-electron chi connectivity index (χ4n) is 3.90. The lowest BCUT2D eigenvalue weighted by molar-refractivity contribution is -0.132. The van der Waals surface area contributed by atoms with E-state index < -0.39 is 29.1 Å². The van der Waals surface area contributed by atoms with Crippen LogP contribution in [0.1, 0.15) is 31.7 Å². The van der Waals surface area contributed by atoms with Gasteiger partial charge in [-0.15, -0.1) is 0 Å². The number of rotatable bonds is 3. The fourth-order valence-corrected chi connectivity index (χ4v) is 3.90. The molecule has 6 nitrogen and oxygen atoms in total. The number of nitrogens with zero attached hydrogens (tertiary/aromatic N) is 4. The predicted octanol–water partition coefficient (Wildman–Crippen LogP) is 3.09. The van der Waals surface area contributed by atoms with Gasteiger partial charge in [0.25, 0.3) is 0 Å². The maximum absolute atomic E-state index is 12.8. The van der Waals surface area contributed by atoms with Gasteiger partial charge in [0.2, 0.25) is 0 Å². The summed E-state index contributed by atoms with van der Waals surface area (Å²) in [7, 11) is 1.52. The first kappa shape index (κ1) is 19.0. The Bertz CT molecular complexity index is 847. The number of hydrogen-bond acceptors (Lipinski definition) is 6. The lowest BCUT2D eigenvalue weighted by Gasteiger charge is -2.46. The van der Waals surface area contributed by atoms with Crippen molar-refractivity contribution in [3.05, 3.63) is 29.8 Å². The molecule has 130 valence electrons. The van der Waals surface area contributed by atoms with Crippen LogP contribution in [0.5, 0.6) is 5.75 Å². The summed E-state index contributed by atoms with van der Waals surface area (Å²) in [5.41, 5.74) is -3.40. The summed E-state index contributed by atoms with van der Waals surface area (Å²) in [6.07, 6.45) is -0.420. The number of hydrogen-bond donors (Lipinski definition) is 0. The summed E-state index contributed by atoms with van der Waals surface area (Å²) in [5.74, 6) is -1.37. The number of ether oxygens (including phenoxy) is 1. The van der Waals surface area contributed by atoms with Crippen LogP contribution in [0.3, 0.4) is 0 Å². The van der Waals surface area contributed by atoms with Crippen LogP contribution in [0, 0.1) is 68.0 Å². The van der Waals surface area contributed by atoms with Crippen molar-refractivity contribution in [2.24, 2.45) is 22.7 Å². The molecule has 1 aliphatic rings. The molecule has 1 aromatic carbocycles. The minimum absolute atomic E-state index is 0.161. The second kappa shape index (κ2) is 6.87. The number of carbonyl (C=O) groups is 1. The van der Waals surface area contributed by atoms with Gasteiger partial charge < -0.3 is 4.74 Å². The van der Waals surface area contributed by atoms with E-state index in [4.69, 9.17) is 4.74 Å². The Morgan fingerprint density at radius 1 is 1.04 bits per heavy atom. The Morgan fingerprint density at radius 2 is 1.58 bits per heavy atom. The smallest absolute Gasteiger partial charge is 0.183 e. The van der Waals surface area contributed by atoms with Crippen molar-refractivity contribution in [3.8, 4) is 30.0 Å². The number of Topliss-reactive ketones (excluding diaryl/α,β-unsaturated/α-hetero) is 1. The van der Waals surface area contributed by atoms with Gasteiger partial charge in [0.15, 0.2) is 10.8 Å². The molecule has 1 aromatic rings. The maximum atomic E-state index is 12.8. The molecule has 0 bridgehead atoms. The van der Waals surface area contributed by atoms with Gasteiger partial charge in [-0.1, -0.05) is 26.0 Å². The van der Waals surface area contributed by atoms with Crippen LogP contribution < -0.4 is 4.74 Å². The highest BCUT2D eigenvalue weighted by atomic mass is 16.5. The van der Waals surface area contributed by atoms with E-state index in [-0.39, 0.29) is 11.7 Å². The van der Waals surface area contributed by atoms with Crippen LogP contribution >= 0.6 is 0 Å². The Labute approximate surface area is 152 Å². The average molecular weight is 346 g/mol. The molecule has 2 rings (SSSR count). The lowest BCUT2D eigenvalue weighted by Crippen LogP contribution is -2.54. The zero-order chi connectivity index (χ0) is 19.5. The standard InChI is InChI=1S/C20H18N4O2/c1-13(2)17-16(25)8-19(9-21,10-22)20(11-23,12-24)18(17)14-4-6-15(26-3)7-5-14/h4-7,13,17-18H,8H2,1-3H3/t17-,18+/m1/s1. The molecule has 0 aliphatic heterocycles. The molecule has 0 spiro atoms. The largest absolute Gasteiger partial charge is 0.497 e. The third-order valence-corrected chi connectivity index (χ3v) is 5.24. The van der Waals surface area contributed by atoms with Gasteiger partial charge in [0.05, 0.1) is 31.4 Å². The predicted molar refractivity (Wildman–Crippen MR) is 91.0 cm³/mol. The molecule has 2 atom stereocenters. The molecule has 1 fully saturated rings. The number of ketones is 1. The molecule has 0 saturated heterocycles. The molecule has 0 amide bonds. The Balaban J connectivity index is 2.83. The first-order chi connectivity index (χ1) is 12.4. The summed E-state index contributed by atoms with van der Waals surface area (Å²) in [4.78, 5) is 12.8. The van der Waals surface area contributed by atoms with Crippen molar-refractivity contribution < 1.29 is 9.53 Å². The minimum Gasteiger partial charge on any atom is -0.497 e. The SMILES string of the molecule is COc1ccc([C@H]2[C@H](C(C)C)C(=O)CC(C#N)(C#N)C2(C#N)C#N)cc1. The average Bonchev–Trinajstić information content (AvgIpc) is 2.66. The highest BCUT2D eigenvalue weighted by Gasteiger charge is 2.66. The van der Waals surface area contributed by atoms with E-state index in [2.05, 4.69) is 0 Å². The van der Waals surface area contributed by atoms with Gasteiger partial charge in [-0.2, -0.15) is 21.0 Å². The maximum Gasteiger partial charge on any atom is 0.183 e. The van der Waals surface area contributed by atoms with Crippen LogP contribution in [0.15, 0.2) is 24.3 Å². The van der Waals surface area contributed by atoms with Gasteiger partial charge in [0, 0.05) is 18.3 Å². The molecule has 0 N–H and O–H groups in total. The monoisotopic (exact) mass is 346 g/mol. The second-order valence-electron chi connectivity index (χ2n) is 6.82. The van der Waals surface area contributed by atoms with E-state index in [0.717, 1.165) is 0 Å². The Kier molecular flexibility index (Phi) is 5.02. The number of benzene rings is 1. The van der Waals surface area contributed by atoms with Crippen LogP contribution in [-0.2, 0) is 4.79 Å². The van der Waals surface area contributed by atoms with E-state index in [1.165, 1.54) is 7.11 Å². The number of methoxy groups -OCH3 is 1. The highest BCUT2D eigenvalue weighted by Crippen LogP contribution is 2.59. The van der Waals surface area contributed by atoms with E-state index in [0.29, 0.717) is 11.3 Å². The molecular weight excluding hydrogens is 328 g/mol. The van der Waals surface area contributed by atoms with Gasteiger partial charge in [-0.05, 0) is 23.6 Å². The molecular formula is C20H18N4O2. The van der Waals surface area contributed by atoms with Crippen LogP contribution in [0.25, 0.3) is 0 Å². The van der Waals surface area contributed by atoms with Gasteiger partial charge >= 0.3 is 0 Å². The normalized spacial score (nSPS) is 23.2. The second-order valence-corrected chi connectivity index (χ2v) is 6.82. The summed E-state index contributed by atoms with van der Waals surface area (Å²) in [6.45, 7) is 3.68. The molecule has 0 radical (unpaired) electrons. The first-order valence-corrected chi connectivity index (χ1v) is 8.18. The highest BCUT2D eigenvalue weighted by molar-refractivity contribution is 5.86. The van der Waals surface area contributed by atoms with Crippen molar-refractivity contribution in [1.29, 1.82) is 21.0 Å². The molecule has 1 saturated carbocycles. The third kappa shape index (κ3) is 2.48. The van der Waals surface area contributed by atoms with E-state index >= 15 is 0 Å². The van der Waals surface area contributed by atoms with Crippen LogP contribution in [0.2, 0.25) is 0 Å². The van der Waals surface area contributed by atoms with E-state index in [1.807, 2.05) is 38.1 Å². The molecule has 0 heterocycles. The van der Waals surface area contributed by atoms with Crippen molar-refractivity contribution in [2.45, 2.75) is 26.2 Å². The van der Waals surface area contributed by atoms with E-state index in [9.17, 15) is 25.8 Å². The van der Waals surface area contributed by atoms with E-state index in [1.54, 1.807) is 24.3 Å². The lowest BCUT2D eigenvalue weighted by atomic mass is 9.47. The number of carbonyl (C=O) groups excluding carboxylic acids is 1. The molecule has 0 aromatic heterocycles. The van der Waals surface area contributed by atoms with Crippen molar-refractivity contribution >= 4 is 5.78 Å². The molecule has 6 heteroatoms. The van der Waals surface area contributed by atoms with Crippen molar-refractivity contribution in [3.63, 3.8) is 0 Å². The fraction of sp³-hybridized carbons (Fsp3) is 0.450.